The summed E-state index contributed by atoms with van der Waals surface area (Å²) in [6, 6.07) is 2.07. The third kappa shape index (κ3) is 3.32. The lowest BCUT2D eigenvalue weighted by atomic mass is 9.94. The maximum absolute atomic E-state index is 11.5. The summed E-state index contributed by atoms with van der Waals surface area (Å²) in [6.45, 7) is 2.50. The molecule has 0 aliphatic heterocycles. The van der Waals surface area contributed by atoms with Gasteiger partial charge in [0, 0.05) is 18.7 Å². The second kappa shape index (κ2) is 6.00. The third-order valence-electron chi connectivity index (χ3n) is 3.60. The summed E-state index contributed by atoms with van der Waals surface area (Å²) in [5.74, 6) is 0.561. The molecule has 0 bridgehead atoms. The smallest absolute Gasteiger partial charge is 0.222 e. The average molecular weight is 251 g/mol. The molecule has 0 saturated heterocycles. The summed E-state index contributed by atoms with van der Waals surface area (Å²) in [6.07, 6.45) is 5.33. The zero-order valence-electron chi connectivity index (χ0n) is 10.8. The molecule has 1 fully saturated rings. The second-order valence-corrected chi connectivity index (χ2v) is 5.06. The standard InChI is InChI=1S/C13H21N3O2/c1-9-7-10(16-18-9)8-15-12-6-4-2-3-5-11(12)13(14)17/h7,11-12,15H,2-6,8H2,1H3,(H2,14,17)/t11-,12+/m0/s1. The highest BCUT2D eigenvalue weighted by atomic mass is 16.5. The summed E-state index contributed by atoms with van der Waals surface area (Å²) in [7, 11) is 0. The lowest BCUT2D eigenvalue weighted by Crippen LogP contribution is -2.41. The summed E-state index contributed by atoms with van der Waals surface area (Å²) in [4.78, 5) is 11.5. The Morgan fingerprint density at radius 2 is 2.28 bits per heavy atom. The molecule has 0 spiro atoms. The average Bonchev–Trinajstić information content (AvgIpc) is 2.62. The van der Waals surface area contributed by atoms with Gasteiger partial charge in [-0.1, -0.05) is 24.4 Å². The zero-order valence-corrected chi connectivity index (χ0v) is 10.8. The number of aromatic nitrogens is 1. The van der Waals surface area contributed by atoms with Crippen LogP contribution < -0.4 is 11.1 Å². The molecule has 5 heteroatoms. The van der Waals surface area contributed by atoms with E-state index in [1.54, 1.807) is 0 Å². The van der Waals surface area contributed by atoms with Crippen LogP contribution in [0.15, 0.2) is 10.6 Å². The molecule has 0 aromatic carbocycles. The van der Waals surface area contributed by atoms with Gasteiger partial charge in [0.15, 0.2) is 0 Å². The van der Waals surface area contributed by atoms with Crippen molar-refractivity contribution >= 4 is 5.91 Å². The highest BCUT2D eigenvalue weighted by Gasteiger charge is 2.27. The predicted molar refractivity (Wildman–Crippen MR) is 67.6 cm³/mol. The summed E-state index contributed by atoms with van der Waals surface area (Å²) >= 11 is 0. The monoisotopic (exact) mass is 251 g/mol. The molecule has 1 aliphatic carbocycles. The lowest BCUT2D eigenvalue weighted by molar-refractivity contribution is -0.122. The normalized spacial score (nSPS) is 24.7. The Balaban J connectivity index is 1.94. The number of hydrogen-bond donors (Lipinski definition) is 2. The van der Waals surface area contributed by atoms with Crippen molar-refractivity contribution in [3.8, 4) is 0 Å². The quantitative estimate of drug-likeness (QED) is 0.795. The molecule has 1 heterocycles. The van der Waals surface area contributed by atoms with Crippen LogP contribution in [0.1, 0.15) is 43.6 Å². The minimum atomic E-state index is -0.189. The Kier molecular flexibility index (Phi) is 4.36. The molecule has 1 saturated carbocycles. The van der Waals surface area contributed by atoms with Crippen LogP contribution in [0, 0.1) is 12.8 Å². The largest absolute Gasteiger partial charge is 0.369 e. The molecule has 1 aromatic heterocycles. The highest BCUT2D eigenvalue weighted by Crippen LogP contribution is 2.23. The number of nitrogens with one attached hydrogen (secondary N) is 1. The van der Waals surface area contributed by atoms with Gasteiger partial charge in [0.1, 0.15) is 5.76 Å². The van der Waals surface area contributed by atoms with Crippen LogP contribution in [0.5, 0.6) is 0 Å². The fraction of sp³-hybridized carbons (Fsp3) is 0.692. The van der Waals surface area contributed by atoms with Crippen LogP contribution in [0.4, 0.5) is 0 Å². The van der Waals surface area contributed by atoms with E-state index >= 15 is 0 Å². The van der Waals surface area contributed by atoms with Crippen LogP contribution in [-0.4, -0.2) is 17.1 Å². The van der Waals surface area contributed by atoms with Crippen LogP contribution in [0.25, 0.3) is 0 Å². The van der Waals surface area contributed by atoms with Crippen LogP contribution in [-0.2, 0) is 11.3 Å². The summed E-state index contributed by atoms with van der Waals surface area (Å²) in [5, 5.41) is 7.34. The zero-order chi connectivity index (χ0) is 13.0. The first-order chi connectivity index (χ1) is 8.66. The van der Waals surface area contributed by atoms with Crippen molar-refractivity contribution in [1.82, 2.24) is 10.5 Å². The van der Waals surface area contributed by atoms with Gasteiger partial charge in [-0.2, -0.15) is 0 Å². The highest BCUT2D eigenvalue weighted by molar-refractivity contribution is 5.77. The van der Waals surface area contributed by atoms with Crippen molar-refractivity contribution in [2.45, 2.75) is 51.6 Å². The molecular weight excluding hydrogens is 230 g/mol. The second-order valence-electron chi connectivity index (χ2n) is 5.06. The maximum atomic E-state index is 11.5. The van der Waals surface area contributed by atoms with Crippen LogP contribution >= 0.6 is 0 Å². The minimum absolute atomic E-state index is 0.0551. The molecule has 2 rings (SSSR count). The van der Waals surface area contributed by atoms with Crippen molar-refractivity contribution < 1.29 is 9.32 Å². The topological polar surface area (TPSA) is 81.1 Å². The van der Waals surface area contributed by atoms with Gasteiger partial charge in [0.2, 0.25) is 5.91 Å². The van der Waals surface area contributed by atoms with E-state index in [4.69, 9.17) is 10.3 Å². The molecule has 0 unspecified atom stereocenters. The SMILES string of the molecule is Cc1cc(CN[C@@H]2CCCCC[C@@H]2C(N)=O)no1. The molecule has 1 aliphatic rings. The minimum Gasteiger partial charge on any atom is -0.369 e. The fourth-order valence-corrected chi connectivity index (χ4v) is 2.63. The van der Waals surface area contributed by atoms with Crippen LogP contribution in [0.2, 0.25) is 0 Å². The molecular formula is C13H21N3O2. The number of rotatable bonds is 4. The number of primary amides is 1. The van der Waals surface area contributed by atoms with Gasteiger partial charge >= 0.3 is 0 Å². The van der Waals surface area contributed by atoms with Crippen molar-refractivity contribution in [2.75, 3.05) is 0 Å². The van der Waals surface area contributed by atoms with Gasteiger partial charge in [-0.15, -0.1) is 0 Å². The Labute approximate surface area is 107 Å². The fourth-order valence-electron chi connectivity index (χ4n) is 2.63. The molecule has 1 amide bonds. The molecule has 3 N–H and O–H groups in total. The molecule has 18 heavy (non-hydrogen) atoms. The van der Waals surface area contributed by atoms with Crippen molar-refractivity contribution in [3.63, 3.8) is 0 Å². The van der Waals surface area contributed by atoms with Crippen molar-refractivity contribution in [1.29, 1.82) is 0 Å². The first-order valence-corrected chi connectivity index (χ1v) is 6.61. The van der Waals surface area contributed by atoms with E-state index in [2.05, 4.69) is 10.5 Å². The van der Waals surface area contributed by atoms with E-state index in [-0.39, 0.29) is 17.9 Å². The van der Waals surface area contributed by atoms with E-state index in [1.165, 1.54) is 6.42 Å². The number of carbonyl (C=O) groups is 1. The number of amides is 1. The summed E-state index contributed by atoms with van der Waals surface area (Å²) < 4.78 is 5.02. The number of carbonyl (C=O) groups excluding carboxylic acids is 1. The van der Waals surface area contributed by atoms with E-state index in [1.807, 2.05) is 13.0 Å². The molecule has 5 nitrogen and oxygen atoms in total. The molecule has 2 atom stereocenters. The first kappa shape index (κ1) is 13.1. The molecule has 100 valence electrons. The van der Waals surface area contributed by atoms with Gasteiger partial charge < -0.3 is 15.6 Å². The van der Waals surface area contributed by atoms with E-state index in [9.17, 15) is 4.79 Å². The Morgan fingerprint density at radius 3 is 2.94 bits per heavy atom. The van der Waals surface area contributed by atoms with Gasteiger partial charge in [-0.05, 0) is 19.8 Å². The van der Waals surface area contributed by atoms with E-state index in [0.29, 0.717) is 6.54 Å². The maximum Gasteiger partial charge on any atom is 0.222 e. The first-order valence-electron chi connectivity index (χ1n) is 6.61. The molecule has 0 radical (unpaired) electrons. The van der Waals surface area contributed by atoms with Gasteiger partial charge in [-0.3, -0.25) is 4.79 Å². The number of nitrogens with two attached hydrogens (primary N) is 1. The number of aryl methyl sites for hydroxylation is 1. The Morgan fingerprint density at radius 1 is 1.50 bits per heavy atom. The van der Waals surface area contributed by atoms with E-state index in [0.717, 1.165) is 37.1 Å². The van der Waals surface area contributed by atoms with Crippen molar-refractivity contribution in [3.05, 3.63) is 17.5 Å². The number of nitrogens with zero attached hydrogens (tertiary/aromatic N) is 1. The third-order valence-corrected chi connectivity index (χ3v) is 3.60. The van der Waals surface area contributed by atoms with Gasteiger partial charge in [0.25, 0.3) is 0 Å². The van der Waals surface area contributed by atoms with Gasteiger partial charge in [0.05, 0.1) is 11.6 Å². The van der Waals surface area contributed by atoms with Crippen LogP contribution in [0.3, 0.4) is 0 Å². The Hall–Kier alpha value is -1.36. The predicted octanol–water partition coefficient (Wildman–Crippen LogP) is 1.51. The van der Waals surface area contributed by atoms with E-state index < -0.39 is 0 Å². The van der Waals surface area contributed by atoms with Crippen molar-refractivity contribution in [2.24, 2.45) is 11.7 Å². The Bertz CT molecular complexity index is 403. The number of hydrogen-bond acceptors (Lipinski definition) is 4. The molecule has 1 aromatic rings. The summed E-state index contributed by atoms with van der Waals surface area (Å²) in [5.41, 5.74) is 6.36. The van der Waals surface area contributed by atoms with Gasteiger partial charge in [-0.25, -0.2) is 0 Å². The lowest BCUT2D eigenvalue weighted by Gasteiger charge is -2.23.